The fraction of sp³-hybridized carbons (Fsp3) is 0.364. The Morgan fingerprint density at radius 1 is 0.963 bits per heavy atom. The third-order valence-electron chi connectivity index (χ3n) is 4.49. The van der Waals surface area contributed by atoms with Gasteiger partial charge in [0.1, 0.15) is 5.75 Å². The first-order chi connectivity index (χ1) is 12.9. The topological polar surface area (TPSA) is 67.4 Å². The molecule has 0 fully saturated rings. The average Bonchev–Trinajstić information content (AvgIpc) is 2.66. The standard InChI is InChI=1S/C22H28N2O3/c1-15(2)18-8-10-19(11-9-18)22(26)24-13-12-23-21(25)14-27-20-7-5-6-16(3)17(20)4/h5-11,15H,12-14H2,1-4H3,(H,23,25)(H,24,26). The monoisotopic (exact) mass is 368 g/mol. The molecule has 0 saturated heterocycles. The average molecular weight is 368 g/mol. The first kappa shape index (κ1) is 20.5. The maximum absolute atomic E-state index is 12.1. The van der Waals surface area contributed by atoms with E-state index in [1.807, 2.05) is 56.3 Å². The molecule has 0 aliphatic rings. The summed E-state index contributed by atoms with van der Waals surface area (Å²) in [5.41, 5.74) is 3.96. The van der Waals surface area contributed by atoms with Gasteiger partial charge in [-0.1, -0.05) is 38.1 Å². The normalized spacial score (nSPS) is 10.6. The predicted molar refractivity (Wildman–Crippen MR) is 107 cm³/mol. The van der Waals surface area contributed by atoms with Crippen molar-refractivity contribution in [1.82, 2.24) is 10.6 Å². The van der Waals surface area contributed by atoms with Crippen LogP contribution in [-0.4, -0.2) is 31.5 Å². The van der Waals surface area contributed by atoms with Gasteiger partial charge in [0.05, 0.1) is 0 Å². The van der Waals surface area contributed by atoms with Crippen LogP contribution in [0.25, 0.3) is 0 Å². The number of rotatable bonds is 8. The van der Waals surface area contributed by atoms with E-state index in [4.69, 9.17) is 4.74 Å². The number of amides is 2. The molecule has 0 unspecified atom stereocenters. The van der Waals surface area contributed by atoms with E-state index in [1.54, 1.807) is 0 Å². The van der Waals surface area contributed by atoms with E-state index in [2.05, 4.69) is 24.5 Å². The highest BCUT2D eigenvalue weighted by Gasteiger charge is 2.08. The third-order valence-corrected chi connectivity index (χ3v) is 4.49. The van der Waals surface area contributed by atoms with Gasteiger partial charge in [-0.25, -0.2) is 0 Å². The number of carbonyl (C=O) groups is 2. The fourth-order valence-electron chi connectivity index (χ4n) is 2.57. The lowest BCUT2D eigenvalue weighted by Gasteiger charge is -2.11. The van der Waals surface area contributed by atoms with Crippen LogP contribution in [0.2, 0.25) is 0 Å². The second-order valence-corrected chi connectivity index (χ2v) is 6.87. The van der Waals surface area contributed by atoms with Crippen LogP contribution in [0.5, 0.6) is 5.75 Å². The second-order valence-electron chi connectivity index (χ2n) is 6.87. The zero-order valence-corrected chi connectivity index (χ0v) is 16.5. The Kier molecular flexibility index (Phi) is 7.41. The van der Waals surface area contributed by atoms with Gasteiger partial charge < -0.3 is 15.4 Å². The number of ether oxygens (including phenoxy) is 1. The number of hydrogen-bond acceptors (Lipinski definition) is 3. The fourth-order valence-corrected chi connectivity index (χ4v) is 2.57. The van der Waals surface area contributed by atoms with Crippen LogP contribution >= 0.6 is 0 Å². The summed E-state index contributed by atoms with van der Waals surface area (Å²) in [6, 6.07) is 13.3. The third kappa shape index (κ3) is 6.13. The number of benzene rings is 2. The summed E-state index contributed by atoms with van der Waals surface area (Å²) in [5, 5.41) is 5.54. The van der Waals surface area contributed by atoms with Crippen molar-refractivity contribution in [2.45, 2.75) is 33.6 Å². The minimum Gasteiger partial charge on any atom is -0.483 e. The van der Waals surface area contributed by atoms with Crippen molar-refractivity contribution in [2.24, 2.45) is 0 Å². The molecule has 0 saturated carbocycles. The minimum absolute atomic E-state index is 0.0467. The van der Waals surface area contributed by atoms with E-state index in [0.717, 1.165) is 11.1 Å². The van der Waals surface area contributed by atoms with Crippen LogP contribution < -0.4 is 15.4 Å². The Bertz CT molecular complexity index is 783. The maximum Gasteiger partial charge on any atom is 0.258 e. The predicted octanol–water partition coefficient (Wildman–Crippen LogP) is 3.35. The molecule has 0 spiro atoms. The van der Waals surface area contributed by atoms with E-state index < -0.39 is 0 Å². The van der Waals surface area contributed by atoms with Crippen molar-refractivity contribution in [2.75, 3.05) is 19.7 Å². The van der Waals surface area contributed by atoms with E-state index >= 15 is 0 Å². The van der Waals surface area contributed by atoms with Crippen molar-refractivity contribution in [3.05, 3.63) is 64.7 Å². The highest BCUT2D eigenvalue weighted by molar-refractivity contribution is 5.94. The van der Waals surface area contributed by atoms with E-state index in [-0.39, 0.29) is 18.4 Å². The SMILES string of the molecule is Cc1cccc(OCC(=O)NCCNC(=O)c2ccc(C(C)C)cc2)c1C. The van der Waals surface area contributed by atoms with Crippen molar-refractivity contribution >= 4 is 11.8 Å². The Morgan fingerprint density at radius 3 is 2.30 bits per heavy atom. The lowest BCUT2D eigenvalue weighted by atomic mass is 10.0. The molecule has 27 heavy (non-hydrogen) atoms. The molecule has 2 aromatic carbocycles. The molecule has 0 radical (unpaired) electrons. The quantitative estimate of drug-likeness (QED) is 0.702. The smallest absolute Gasteiger partial charge is 0.258 e. The molecule has 5 nitrogen and oxygen atoms in total. The van der Waals surface area contributed by atoms with Gasteiger partial charge in [-0.3, -0.25) is 9.59 Å². The molecule has 0 aromatic heterocycles. The van der Waals surface area contributed by atoms with Crippen LogP contribution in [0.15, 0.2) is 42.5 Å². The second kappa shape index (κ2) is 9.76. The van der Waals surface area contributed by atoms with Crippen LogP contribution in [0.1, 0.15) is 46.8 Å². The van der Waals surface area contributed by atoms with Gasteiger partial charge in [0.25, 0.3) is 11.8 Å². The molecule has 2 amide bonds. The lowest BCUT2D eigenvalue weighted by molar-refractivity contribution is -0.123. The summed E-state index contributed by atoms with van der Waals surface area (Å²) in [7, 11) is 0. The summed E-state index contributed by atoms with van der Waals surface area (Å²) in [4.78, 5) is 24.0. The van der Waals surface area contributed by atoms with Gasteiger partial charge in [-0.15, -0.1) is 0 Å². The summed E-state index contributed by atoms with van der Waals surface area (Å²) in [5.74, 6) is 0.782. The van der Waals surface area contributed by atoms with Gasteiger partial charge in [0.15, 0.2) is 6.61 Å². The highest BCUT2D eigenvalue weighted by Crippen LogP contribution is 2.20. The van der Waals surface area contributed by atoms with Gasteiger partial charge in [0, 0.05) is 18.7 Å². The molecule has 0 aliphatic heterocycles. The summed E-state index contributed by atoms with van der Waals surface area (Å²) in [6.45, 7) is 8.86. The summed E-state index contributed by atoms with van der Waals surface area (Å²) < 4.78 is 5.56. The summed E-state index contributed by atoms with van der Waals surface area (Å²) in [6.07, 6.45) is 0. The van der Waals surface area contributed by atoms with Crippen LogP contribution in [0.3, 0.4) is 0 Å². The van der Waals surface area contributed by atoms with Crippen molar-refractivity contribution in [1.29, 1.82) is 0 Å². The Balaban J connectivity index is 1.69. The van der Waals surface area contributed by atoms with Crippen molar-refractivity contribution < 1.29 is 14.3 Å². The molecule has 0 heterocycles. The molecular weight excluding hydrogens is 340 g/mol. The Hall–Kier alpha value is -2.82. The number of carbonyl (C=O) groups excluding carboxylic acids is 2. The van der Waals surface area contributed by atoms with Crippen LogP contribution in [-0.2, 0) is 4.79 Å². The van der Waals surface area contributed by atoms with Crippen molar-refractivity contribution in [3.63, 3.8) is 0 Å². The van der Waals surface area contributed by atoms with E-state index in [9.17, 15) is 9.59 Å². The molecule has 2 aromatic rings. The van der Waals surface area contributed by atoms with Gasteiger partial charge in [0.2, 0.25) is 0 Å². The first-order valence-electron chi connectivity index (χ1n) is 9.22. The molecule has 0 aliphatic carbocycles. The molecular formula is C22H28N2O3. The number of hydrogen-bond donors (Lipinski definition) is 2. The lowest BCUT2D eigenvalue weighted by Crippen LogP contribution is -2.36. The first-order valence-corrected chi connectivity index (χ1v) is 9.22. The van der Waals surface area contributed by atoms with Crippen LogP contribution in [0, 0.1) is 13.8 Å². The van der Waals surface area contributed by atoms with Gasteiger partial charge in [-0.2, -0.15) is 0 Å². The molecule has 144 valence electrons. The Labute approximate surface area is 161 Å². The highest BCUT2D eigenvalue weighted by atomic mass is 16.5. The zero-order chi connectivity index (χ0) is 19.8. The van der Waals surface area contributed by atoms with Gasteiger partial charge >= 0.3 is 0 Å². The van der Waals surface area contributed by atoms with E-state index in [1.165, 1.54) is 5.56 Å². The molecule has 0 bridgehead atoms. The van der Waals surface area contributed by atoms with Crippen LogP contribution in [0.4, 0.5) is 0 Å². The number of nitrogens with one attached hydrogen (secondary N) is 2. The van der Waals surface area contributed by atoms with Gasteiger partial charge in [-0.05, 0) is 54.7 Å². The van der Waals surface area contributed by atoms with Crippen molar-refractivity contribution in [3.8, 4) is 5.75 Å². The van der Waals surface area contributed by atoms with E-state index in [0.29, 0.717) is 30.3 Å². The minimum atomic E-state index is -0.216. The molecule has 2 rings (SSSR count). The molecule has 5 heteroatoms. The number of aryl methyl sites for hydroxylation is 1. The molecule has 0 atom stereocenters. The maximum atomic E-state index is 12.1. The largest absolute Gasteiger partial charge is 0.483 e. The zero-order valence-electron chi connectivity index (χ0n) is 16.5. The Morgan fingerprint density at radius 2 is 1.63 bits per heavy atom. The summed E-state index contributed by atoms with van der Waals surface area (Å²) >= 11 is 0. The molecule has 2 N–H and O–H groups in total.